The fraction of sp³-hybridized carbons (Fsp3) is 0.238. The molecule has 0 atom stereocenters. The average molecular weight is 329 g/mol. The highest BCUT2D eigenvalue weighted by Gasteiger charge is 2.22. The Labute approximate surface area is 147 Å². The van der Waals surface area contributed by atoms with E-state index in [-0.39, 0.29) is 0 Å². The van der Waals surface area contributed by atoms with E-state index in [9.17, 15) is 0 Å². The highest BCUT2D eigenvalue weighted by atomic mass is 16.4. The van der Waals surface area contributed by atoms with Crippen LogP contribution < -0.4 is 4.90 Å². The maximum absolute atomic E-state index is 8.97. The topological polar surface area (TPSA) is 53.1 Å². The molecule has 4 heteroatoms. The third-order valence-electron chi connectivity index (χ3n) is 4.56. The molecule has 0 aliphatic carbocycles. The molecule has 4 nitrogen and oxygen atoms in total. The van der Waals surface area contributed by atoms with Crippen LogP contribution in [0.25, 0.3) is 22.7 Å². The molecule has 4 rings (SSSR count). The summed E-state index contributed by atoms with van der Waals surface area (Å²) in [6.07, 6.45) is 3.63. The standard InChI is InChI=1S/C21H19N3O/c22-15-16-9-11-18(12-10-16)20-23-19(17-7-3-1-4-8-17)21(25-20)24-13-5-2-6-14-24/h1,3-4,7-12H,2,5-6,13-14H2. The lowest BCUT2D eigenvalue weighted by molar-refractivity contribution is 0.505. The number of rotatable bonds is 3. The quantitative estimate of drug-likeness (QED) is 0.688. The summed E-state index contributed by atoms with van der Waals surface area (Å²) in [7, 11) is 0. The van der Waals surface area contributed by atoms with Gasteiger partial charge in [-0.1, -0.05) is 30.3 Å². The zero-order valence-corrected chi connectivity index (χ0v) is 14.0. The van der Waals surface area contributed by atoms with Gasteiger partial charge < -0.3 is 9.32 Å². The van der Waals surface area contributed by atoms with Crippen molar-refractivity contribution in [3.05, 3.63) is 60.2 Å². The van der Waals surface area contributed by atoms with Crippen LogP contribution in [0.15, 0.2) is 59.0 Å². The predicted octanol–water partition coefficient (Wildman–Crippen LogP) is 4.87. The van der Waals surface area contributed by atoms with E-state index < -0.39 is 0 Å². The Kier molecular flexibility index (Phi) is 4.22. The van der Waals surface area contributed by atoms with Gasteiger partial charge in [0.05, 0.1) is 11.6 Å². The minimum absolute atomic E-state index is 0.601. The van der Waals surface area contributed by atoms with E-state index in [2.05, 4.69) is 23.1 Å². The predicted molar refractivity (Wildman–Crippen MR) is 98.2 cm³/mol. The number of nitriles is 1. The molecule has 0 unspecified atom stereocenters. The normalized spacial score (nSPS) is 14.3. The monoisotopic (exact) mass is 329 g/mol. The molecule has 2 aromatic carbocycles. The van der Waals surface area contributed by atoms with Crippen LogP contribution in [0.5, 0.6) is 0 Å². The lowest BCUT2D eigenvalue weighted by Crippen LogP contribution is -2.29. The summed E-state index contributed by atoms with van der Waals surface area (Å²) in [5.74, 6) is 1.45. The van der Waals surface area contributed by atoms with Gasteiger partial charge in [-0.25, -0.2) is 4.98 Å². The van der Waals surface area contributed by atoms with Crippen molar-refractivity contribution in [2.75, 3.05) is 18.0 Å². The van der Waals surface area contributed by atoms with Crippen molar-refractivity contribution in [2.24, 2.45) is 0 Å². The van der Waals surface area contributed by atoms with E-state index in [0.29, 0.717) is 11.5 Å². The number of oxazole rings is 1. The first-order chi connectivity index (χ1) is 12.3. The van der Waals surface area contributed by atoms with Gasteiger partial charge in [-0.05, 0) is 43.5 Å². The summed E-state index contributed by atoms with van der Waals surface area (Å²) in [5.41, 5.74) is 3.47. The van der Waals surface area contributed by atoms with Crippen LogP contribution in [-0.4, -0.2) is 18.1 Å². The number of piperidine rings is 1. The number of nitrogens with zero attached hydrogens (tertiary/aromatic N) is 3. The van der Waals surface area contributed by atoms with Crippen LogP contribution in [0.3, 0.4) is 0 Å². The van der Waals surface area contributed by atoms with Gasteiger partial charge in [0.1, 0.15) is 5.69 Å². The molecule has 0 bridgehead atoms. The first-order valence-corrected chi connectivity index (χ1v) is 8.67. The van der Waals surface area contributed by atoms with E-state index in [4.69, 9.17) is 14.7 Å². The second-order valence-electron chi connectivity index (χ2n) is 6.28. The van der Waals surface area contributed by atoms with Crippen LogP contribution >= 0.6 is 0 Å². The number of anilines is 1. The molecule has 0 spiro atoms. The summed E-state index contributed by atoms with van der Waals surface area (Å²) in [6, 6.07) is 19.7. The molecule has 0 radical (unpaired) electrons. The molecule has 1 aliphatic heterocycles. The lowest BCUT2D eigenvalue weighted by atomic mass is 10.1. The second-order valence-corrected chi connectivity index (χ2v) is 6.28. The van der Waals surface area contributed by atoms with Crippen molar-refractivity contribution in [3.8, 4) is 28.8 Å². The minimum atomic E-state index is 0.601. The molecule has 2 heterocycles. The summed E-state index contributed by atoms with van der Waals surface area (Å²) >= 11 is 0. The molecule has 1 fully saturated rings. The van der Waals surface area contributed by atoms with Crippen LogP contribution in [0.2, 0.25) is 0 Å². The van der Waals surface area contributed by atoms with Gasteiger partial charge >= 0.3 is 0 Å². The molecule has 3 aromatic rings. The van der Waals surface area contributed by atoms with E-state index in [1.54, 1.807) is 12.1 Å². The lowest BCUT2D eigenvalue weighted by Gasteiger charge is -2.26. The third kappa shape index (κ3) is 3.14. The van der Waals surface area contributed by atoms with E-state index in [0.717, 1.165) is 35.8 Å². The zero-order valence-electron chi connectivity index (χ0n) is 14.0. The first-order valence-electron chi connectivity index (χ1n) is 8.67. The fourth-order valence-electron chi connectivity index (χ4n) is 3.22. The van der Waals surface area contributed by atoms with Crippen molar-refractivity contribution < 1.29 is 4.42 Å². The zero-order chi connectivity index (χ0) is 17.1. The Hall–Kier alpha value is -3.06. The molecule has 1 aromatic heterocycles. The van der Waals surface area contributed by atoms with Crippen molar-refractivity contribution in [2.45, 2.75) is 19.3 Å². The molecule has 0 saturated carbocycles. The van der Waals surface area contributed by atoms with E-state index in [1.807, 2.05) is 30.3 Å². The van der Waals surface area contributed by atoms with Gasteiger partial charge in [-0.2, -0.15) is 5.26 Å². The first kappa shape index (κ1) is 15.5. The summed E-state index contributed by atoms with van der Waals surface area (Å²) < 4.78 is 6.20. The van der Waals surface area contributed by atoms with Crippen LogP contribution in [0.1, 0.15) is 24.8 Å². The largest absolute Gasteiger partial charge is 0.420 e. The van der Waals surface area contributed by atoms with Crippen LogP contribution in [-0.2, 0) is 0 Å². The van der Waals surface area contributed by atoms with Gasteiger partial charge in [0, 0.05) is 24.2 Å². The van der Waals surface area contributed by atoms with Crippen LogP contribution in [0, 0.1) is 11.3 Å². The molecule has 124 valence electrons. The van der Waals surface area contributed by atoms with Crippen molar-refractivity contribution in [3.63, 3.8) is 0 Å². The van der Waals surface area contributed by atoms with Crippen LogP contribution in [0.4, 0.5) is 5.88 Å². The van der Waals surface area contributed by atoms with Crippen molar-refractivity contribution >= 4 is 5.88 Å². The minimum Gasteiger partial charge on any atom is -0.420 e. The third-order valence-corrected chi connectivity index (χ3v) is 4.56. The highest BCUT2D eigenvalue weighted by Crippen LogP contribution is 2.36. The smallest absolute Gasteiger partial charge is 0.229 e. The summed E-state index contributed by atoms with van der Waals surface area (Å²) in [5, 5.41) is 8.97. The molecular formula is C21H19N3O. The number of hydrogen-bond donors (Lipinski definition) is 0. The van der Waals surface area contributed by atoms with E-state index in [1.165, 1.54) is 19.3 Å². The summed E-state index contributed by atoms with van der Waals surface area (Å²) in [4.78, 5) is 7.09. The van der Waals surface area contributed by atoms with Gasteiger partial charge in [-0.3, -0.25) is 0 Å². The average Bonchev–Trinajstić information content (AvgIpc) is 3.15. The molecule has 0 N–H and O–H groups in total. The maximum atomic E-state index is 8.97. The molecule has 25 heavy (non-hydrogen) atoms. The van der Waals surface area contributed by atoms with Crippen molar-refractivity contribution in [1.29, 1.82) is 5.26 Å². The second kappa shape index (κ2) is 6.82. The number of hydrogen-bond acceptors (Lipinski definition) is 4. The SMILES string of the molecule is N#Cc1ccc(-c2nc(-c3ccccc3)c(N3CCCCC3)o2)cc1. The molecule has 0 amide bonds. The maximum Gasteiger partial charge on any atom is 0.229 e. The number of aromatic nitrogens is 1. The number of benzene rings is 2. The Morgan fingerprint density at radius 1 is 0.880 bits per heavy atom. The Morgan fingerprint density at radius 3 is 2.28 bits per heavy atom. The Morgan fingerprint density at radius 2 is 1.60 bits per heavy atom. The van der Waals surface area contributed by atoms with Gasteiger partial charge in [-0.15, -0.1) is 0 Å². The Balaban J connectivity index is 1.78. The fourth-order valence-corrected chi connectivity index (χ4v) is 3.22. The van der Waals surface area contributed by atoms with Crippen molar-refractivity contribution in [1.82, 2.24) is 4.98 Å². The highest BCUT2D eigenvalue weighted by molar-refractivity contribution is 5.74. The molecule has 1 saturated heterocycles. The van der Waals surface area contributed by atoms with Gasteiger partial charge in [0.15, 0.2) is 0 Å². The van der Waals surface area contributed by atoms with Gasteiger partial charge in [0.25, 0.3) is 0 Å². The molecular weight excluding hydrogens is 310 g/mol. The summed E-state index contributed by atoms with van der Waals surface area (Å²) in [6.45, 7) is 2.00. The van der Waals surface area contributed by atoms with E-state index >= 15 is 0 Å². The molecule has 1 aliphatic rings. The van der Waals surface area contributed by atoms with Gasteiger partial charge in [0.2, 0.25) is 11.8 Å². The Bertz CT molecular complexity index is 885.